The Morgan fingerprint density at radius 1 is 0.915 bits per heavy atom. The smallest absolute Gasteiger partial charge is 0.224 e. The van der Waals surface area contributed by atoms with Gasteiger partial charge in [0.05, 0.1) is 6.61 Å². The lowest BCUT2D eigenvalue weighted by Crippen LogP contribution is -2.38. The van der Waals surface area contributed by atoms with Crippen molar-refractivity contribution in [2.75, 3.05) is 51.2 Å². The number of hydrogen-bond donors (Lipinski definition) is 6. The number of unbranched alkanes of at least 4 members (excludes halogenated alkanes) is 1. The van der Waals surface area contributed by atoms with Crippen molar-refractivity contribution in [1.29, 1.82) is 0 Å². The summed E-state index contributed by atoms with van der Waals surface area (Å²) in [5, 5.41) is 16.2. The van der Waals surface area contributed by atoms with Crippen LogP contribution in [0.5, 0.6) is 0 Å². The lowest BCUT2D eigenvalue weighted by Gasteiger charge is -2.19. The Morgan fingerprint density at radius 3 is 1.98 bits per heavy atom. The first-order valence-electron chi connectivity index (χ1n) is 21.4. The van der Waals surface area contributed by atoms with Crippen LogP contribution in [-0.4, -0.2) is 75.7 Å². The van der Waals surface area contributed by atoms with Gasteiger partial charge in [-0.1, -0.05) is 103 Å². The lowest BCUT2D eigenvalue weighted by atomic mass is 9.88. The number of methoxy groups -OCH3 is 1. The average molecular weight is 834 g/mol. The van der Waals surface area contributed by atoms with Crippen LogP contribution < -0.4 is 27.4 Å². The molecule has 12 nitrogen and oxygen atoms in total. The third kappa shape index (κ3) is 48.2. The molecule has 0 saturated carbocycles. The van der Waals surface area contributed by atoms with Gasteiger partial charge in [-0.15, -0.1) is 0 Å². The van der Waals surface area contributed by atoms with Crippen LogP contribution >= 0.6 is 0 Å². The number of primary amides is 1. The number of Topliss-reactive ketones (excluding diaryl/α,β-unsaturated/α-hetero) is 1. The summed E-state index contributed by atoms with van der Waals surface area (Å²) in [6, 6.07) is 17.5. The standard InChI is InChI=1S/C24H34N4O3.C9H16.C5H12O.C3H6O.2C2H6.CH3NO.CH4O/c1-19(29)27-23(12-6-14-25)17-26-21-10-5-11-22(16-21)28-24(30)13-7-15-31-18-20-8-3-2-4-9-20;1-3-9-7-5-4-6-8(9)2;1-3-4-5-6-2;1-3(2)4;2*1-2;2-1-3;1-2/h2-5,8-11,16,23,26H,6-7,12-15,17-18,25H2,1H3,(H,27,29)(H,28,30);7-8H,3-6H2,1-2H3;3-5H2,1-2H3;1-2H3;2*1-2H3;1H,(H2,2,3);2H,1H3. The fourth-order valence-corrected chi connectivity index (χ4v) is 5.03. The quantitative estimate of drug-likeness (QED) is 0.0482. The van der Waals surface area contributed by atoms with Crippen molar-refractivity contribution in [3.05, 3.63) is 71.8 Å². The van der Waals surface area contributed by atoms with Crippen molar-refractivity contribution in [2.45, 2.75) is 146 Å². The predicted octanol–water partition coefficient (Wildman–Crippen LogP) is 9.21. The van der Waals surface area contributed by atoms with Gasteiger partial charge in [-0.2, -0.15) is 0 Å². The second-order valence-electron chi connectivity index (χ2n) is 12.8. The number of benzene rings is 2. The van der Waals surface area contributed by atoms with Crippen molar-refractivity contribution >= 4 is 35.4 Å². The van der Waals surface area contributed by atoms with Gasteiger partial charge in [0.2, 0.25) is 18.2 Å². The number of allylic oxidation sites excluding steroid dienone is 2. The minimum Gasteiger partial charge on any atom is -0.400 e. The van der Waals surface area contributed by atoms with Crippen LogP contribution in [0.15, 0.2) is 66.2 Å². The Labute approximate surface area is 360 Å². The minimum absolute atomic E-state index is 0.00943. The number of ketones is 1. The van der Waals surface area contributed by atoms with Gasteiger partial charge in [-0.3, -0.25) is 14.4 Å². The number of amides is 3. The van der Waals surface area contributed by atoms with Crippen LogP contribution in [0.3, 0.4) is 0 Å². The molecule has 1 aliphatic carbocycles. The third-order valence-electron chi connectivity index (χ3n) is 7.66. The molecule has 0 bridgehead atoms. The molecule has 1 aliphatic rings. The van der Waals surface area contributed by atoms with E-state index in [9.17, 15) is 14.4 Å². The van der Waals surface area contributed by atoms with Crippen LogP contribution in [0.4, 0.5) is 11.4 Å². The number of anilines is 2. The van der Waals surface area contributed by atoms with E-state index in [1.165, 1.54) is 59.3 Å². The zero-order valence-electron chi connectivity index (χ0n) is 39.2. The fourth-order valence-electron chi connectivity index (χ4n) is 5.03. The summed E-state index contributed by atoms with van der Waals surface area (Å²) in [5.41, 5.74) is 14.2. The highest BCUT2D eigenvalue weighted by Gasteiger charge is 2.11. The van der Waals surface area contributed by atoms with Crippen LogP contribution in [0, 0.1) is 5.92 Å². The third-order valence-corrected chi connectivity index (χ3v) is 7.66. The fraction of sp³-hybridized carbons (Fsp3) is 0.617. The van der Waals surface area contributed by atoms with Crippen LogP contribution in [0.25, 0.3) is 0 Å². The van der Waals surface area contributed by atoms with E-state index in [2.05, 4.69) is 48.5 Å². The zero-order chi connectivity index (χ0) is 46.1. The van der Waals surface area contributed by atoms with Crippen molar-refractivity contribution in [3.63, 3.8) is 0 Å². The average Bonchev–Trinajstić information content (AvgIpc) is 3.24. The van der Waals surface area contributed by atoms with E-state index in [4.69, 9.17) is 25.1 Å². The predicted molar refractivity (Wildman–Crippen MR) is 250 cm³/mol. The summed E-state index contributed by atoms with van der Waals surface area (Å²) in [6.07, 6.45) is 13.2. The van der Waals surface area contributed by atoms with Gasteiger partial charge in [0.15, 0.2) is 0 Å². The second kappa shape index (κ2) is 51.9. The Balaban J connectivity index is -0.000000281. The molecule has 2 aromatic carbocycles. The number of carbonyl (C=O) groups is 4. The highest BCUT2D eigenvalue weighted by Crippen LogP contribution is 2.25. The van der Waals surface area contributed by atoms with E-state index in [1.54, 1.807) is 12.7 Å². The van der Waals surface area contributed by atoms with Crippen molar-refractivity contribution < 1.29 is 33.8 Å². The Hall–Kier alpha value is -4.10. The largest absolute Gasteiger partial charge is 0.400 e. The normalized spacial score (nSPS) is 12.2. The molecule has 2 unspecified atom stereocenters. The first-order valence-corrected chi connectivity index (χ1v) is 21.4. The van der Waals surface area contributed by atoms with Crippen molar-refractivity contribution in [3.8, 4) is 0 Å². The minimum atomic E-state index is -0.0578. The molecular formula is C47H87N5O7. The molecule has 12 heteroatoms. The van der Waals surface area contributed by atoms with E-state index < -0.39 is 0 Å². The van der Waals surface area contributed by atoms with E-state index in [0.29, 0.717) is 39.1 Å². The molecule has 3 rings (SSSR count). The molecule has 8 N–H and O–H groups in total. The summed E-state index contributed by atoms with van der Waals surface area (Å²) in [5.74, 6) is 0.945. The molecule has 0 radical (unpaired) electrons. The van der Waals surface area contributed by atoms with Gasteiger partial charge in [0, 0.05) is 64.7 Å². The Kier molecular flexibility index (Phi) is 56.4. The van der Waals surface area contributed by atoms with Crippen molar-refractivity contribution in [1.82, 2.24) is 5.32 Å². The summed E-state index contributed by atoms with van der Waals surface area (Å²) in [4.78, 5) is 41.6. The van der Waals surface area contributed by atoms with Gasteiger partial charge >= 0.3 is 0 Å². The molecule has 0 fully saturated rings. The monoisotopic (exact) mass is 834 g/mol. The Bertz CT molecular complexity index is 1240. The van der Waals surface area contributed by atoms with E-state index in [-0.39, 0.29) is 30.0 Å². The lowest BCUT2D eigenvalue weighted by molar-refractivity contribution is -0.119. The molecule has 0 aliphatic heterocycles. The SMILES string of the molecule is CC.CC.CC(=O)NC(CCCN)CNc1cccc(NC(=O)CCCOCc2ccccc2)c1.CC(C)=O.CCC1=CCCCC1C.CCCCOC.CO.NC=O. The summed E-state index contributed by atoms with van der Waals surface area (Å²) >= 11 is 0. The Morgan fingerprint density at radius 2 is 1.51 bits per heavy atom. The summed E-state index contributed by atoms with van der Waals surface area (Å²) in [6.45, 7) is 22.5. The topological polar surface area (TPSA) is 195 Å². The number of rotatable bonds is 18. The first-order chi connectivity index (χ1) is 28.5. The number of aliphatic hydroxyl groups is 1. The summed E-state index contributed by atoms with van der Waals surface area (Å²) in [7, 11) is 2.73. The van der Waals surface area contributed by atoms with Crippen LogP contribution in [0.1, 0.15) is 139 Å². The molecule has 0 aromatic heterocycles. The van der Waals surface area contributed by atoms with Gasteiger partial charge in [0.1, 0.15) is 5.78 Å². The van der Waals surface area contributed by atoms with Gasteiger partial charge < -0.3 is 46.8 Å². The van der Waals surface area contributed by atoms with Crippen LogP contribution in [0.2, 0.25) is 0 Å². The van der Waals surface area contributed by atoms with Crippen LogP contribution in [-0.2, 0) is 35.3 Å². The zero-order valence-corrected chi connectivity index (χ0v) is 39.2. The number of aliphatic hydroxyl groups excluding tert-OH is 1. The first kappa shape index (κ1) is 64.1. The number of nitrogens with two attached hydrogens (primary N) is 2. The molecular weight excluding hydrogens is 747 g/mol. The van der Waals surface area contributed by atoms with Gasteiger partial charge in [-0.25, -0.2) is 0 Å². The van der Waals surface area contributed by atoms with Gasteiger partial charge in [-0.05, 0) is 101 Å². The maximum absolute atomic E-state index is 12.2. The maximum atomic E-state index is 12.2. The number of carbonyl (C=O) groups excluding carboxylic acids is 4. The van der Waals surface area contributed by atoms with Crippen molar-refractivity contribution in [2.24, 2.45) is 17.4 Å². The molecule has 3 amide bonds. The number of ether oxygens (including phenoxy) is 2. The van der Waals surface area contributed by atoms with E-state index in [0.717, 1.165) is 49.4 Å². The molecule has 2 aromatic rings. The maximum Gasteiger partial charge on any atom is 0.224 e. The second-order valence-corrected chi connectivity index (χ2v) is 12.8. The van der Waals surface area contributed by atoms with E-state index >= 15 is 0 Å². The number of hydrogen-bond acceptors (Lipinski definition) is 9. The van der Waals surface area contributed by atoms with E-state index in [1.807, 2.05) is 82.3 Å². The summed E-state index contributed by atoms with van der Waals surface area (Å²) < 4.78 is 10.4. The molecule has 342 valence electrons. The molecule has 0 saturated heterocycles. The molecule has 2 atom stereocenters. The molecule has 0 spiro atoms. The molecule has 59 heavy (non-hydrogen) atoms. The number of nitrogens with one attached hydrogen (secondary N) is 3. The van der Waals surface area contributed by atoms with Gasteiger partial charge in [0.25, 0.3) is 0 Å². The molecule has 0 heterocycles. The highest BCUT2D eigenvalue weighted by atomic mass is 16.5. The highest BCUT2D eigenvalue weighted by molar-refractivity contribution is 5.91.